The van der Waals surface area contributed by atoms with Gasteiger partial charge >= 0.3 is 0 Å². The quantitative estimate of drug-likeness (QED) is 0.649. The molecule has 0 saturated heterocycles. The van der Waals surface area contributed by atoms with Crippen molar-refractivity contribution in [1.82, 2.24) is 14.8 Å². The third-order valence-corrected chi connectivity index (χ3v) is 2.63. The zero-order chi connectivity index (χ0) is 10.8. The van der Waals surface area contributed by atoms with Crippen LogP contribution in [0.5, 0.6) is 0 Å². The number of benzene rings is 2. The van der Waals surface area contributed by atoms with Gasteiger partial charge in [0.25, 0.3) is 0 Å². The zero-order valence-electron chi connectivity index (χ0n) is 8.74. The van der Waals surface area contributed by atoms with Crippen LogP contribution in [-0.2, 0) is 6.54 Å². The second-order valence-corrected chi connectivity index (χ2v) is 3.77. The van der Waals surface area contributed by atoms with E-state index >= 15 is 0 Å². The van der Waals surface area contributed by atoms with Gasteiger partial charge in [0.2, 0.25) is 0 Å². The second kappa shape index (κ2) is 3.77. The molecule has 0 spiro atoms. The number of aromatic nitrogens is 3. The highest BCUT2D eigenvalue weighted by Gasteiger charge is 1.97. The summed E-state index contributed by atoms with van der Waals surface area (Å²) in [5.41, 5.74) is 1.24. The molecule has 0 radical (unpaired) electrons. The summed E-state index contributed by atoms with van der Waals surface area (Å²) in [6.45, 7) is 0.769. The molecule has 2 aromatic carbocycles. The summed E-state index contributed by atoms with van der Waals surface area (Å²) in [5, 5.41) is 6.63. The predicted octanol–water partition coefficient (Wildman–Crippen LogP) is 2.48. The molecular weight excluding hydrogens is 198 g/mol. The van der Waals surface area contributed by atoms with Crippen molar-refractivity contribution in [3.05, 3.63) is 60.7 Å². The topological polar surface area (TPSA) is 30.7 Å². The highest BCUT2D eigenvalue weighted by Crippen LogP contribution is 2.15. The molecule has 0 aliphatic rings. The molecule has 3 rings (SSSR count). The standard InChI is InChI=1S/C13H11N3/c1-2-4-13-7-11(5-6-12(13)3-1)8-16-10-14-9-15-16/h1-7,9-10H,8H2. The molecule has 0 atom stereocenters. The molecule has 3 aromatic rings. The lowest BCUT2D eigenvalue weighted by molar-refractivity contribution is 0.685. The molecule has 78 valence electrons. The monoisotopic (exact) mass is 209 g/mol. The summed E-state index contributed by atoms with van der Waals surface area (Å²) >= 11 is 0. The van der Waals surface area contributed by atoms with Crippen LogP contribution in [0.2, 0.25) is 0 Å². The first-order valence-corrected chi connectivity index (χ1v) is 5.22. The van der Waals surface area contributed by atoms with Crippen LogP contribution < -0.4 is 0 Å². The molecule has 1 heterocycles. The number of hydrogen-bond donors (Lipinski definition) is 0. The zero-order valence-corrected chi connectivity index (χ0v) is 8.74. The minimum absolute atomic E-state index is 0.769. The molecule has 3 heteroatoms. The Hall–Kier alpha value is -2.16. The molecular formula is C13H11N3. The highest BCUT2D eigenvalue weighted by molar-refractivity contribution is 5.82. The summed E-state index contributed by atoms with van der Waals surface area (Å²) in [5.74, 6) is 0. The average Bonchev–Trinajstić information content (AvgIpc) is 2.82. The average molecular weight is 209 g/mol. The minimum Gasteiger partial charge on any atom is -0.249 e. The van der Waals surface area contributed by atoms with Gasteiger partial charge in [-0.1, -0.05) is 36.4 Å². The summed E-state index contributed by atoms with van der Waals surface area (Å²) in [6, 6.07) is 14.8. The van der Waals surface area contributed by atoms with Gasteiger partial charge in [0.15, 0.2) is 0 Å². The molecule has 0 saturated carbocycles. The summed E-state index contributed by atoms with van der Waals surface area (Å²) in [7, 11) is 0. The van der Waals surface area contributed by atoms with Gasteiger partial charge in [-0.3, -0.25) is 0 Å². The van der Waals surface area contributed by atoms with E-state index in [0.29, 0.717) is 0 Å². The van der Waals surface area contributed by atoms with Crippen LogP contribution in [0, 0.1) is 0 Å². The maximum atomic E-state index is 4.10. The fourth-order valence-corrected chi connectivity index (χ4v) is 1.84. The minimum atomic E-state index is 0.769. The van der Waals surface area contributed by atoms with Gasteiger partial charge in [-0.25, -0.2) is 9.67 Å². The van der Waals surface area contributed by atoms with Crippen LogP contribution in [0.4, 0.5) is 0 Å². The first kappa shape index (κ1) is 9.09. The molecule has 1 aromatic heterocycles. The van der Waals surface area contributed by atoms with Crippen molar-refractivity contribution in [3.8, 4) is 0 Å². The van der Waals surface area contributed by atoms with Crippen molar-refractivity contribution in [2.24, 2.45) is 0 Å². The van der Waals surface area contributed by atoms with Crippen molar-refractivity contribution in [1.29, 1.82) is 0 Å². The molecule has 0 N–H and O–H groups in total. The number of hydrogen-bond acceptors (Lipinski definition) is 2. The molecule has 0 aliphatic carbocycles. The van der Waals surface area contributed by atoms with E-state index in [0.717, 1.165) is 6.54 Å². The maximum Gasteiger partial charge on any atom is 0.137 e. The summed E-state index contributed by atoms with van der Waals surface area (Å²) < 4.78 is 1.82. The smallest absolute Gasteiger partial charge is 0.137 e. The Morgan fingerprint density at radius 1 is 1.00 bits per heavy atom. The molecule has 16 heavy (non-hydrogen) atoms. The fourth-order valence-electron chi connectivity index (χ4n) is 1.84. The lowest BCUT2D eigenvalue weighted by Gasteiger charge is -2.03. The van der Waals surface area contributed by atoms with Gasteiger partial charge in [0.05, 0.1) is 6.54 Å². The lowest BCUT2D eigenvalue weighted by atomic mass is 10.1. The van der Waals surface area contributed by atoms with E-state index in [9.17, 15) is 0 Å². The molecule has 0 bridgehead atoms. The maximum absolute atomic E-state index is 4.10. The van der Waals surface area contributed by atoms with Gasteiger partial charge in [0.1, 0.15) is 12.7 Å². The third-order valence-electron chi connectivity index (χ3n) is 2.63. The molecule has 0 aliphatic heterocycles. The summed E-state index contributed by atoms with van der Waals surface area (Å²) in [6.07, 6.45) is 3.29. The van der Waals surface area contributed by atoms with Crippen LogP contribution >= 0.6 is 0 Å². The Labute approximate surface area is 93.4 Å². The largest absolute Gasteiger partial charge is 0.249 e. The number of rotatable bonds is 2. The van der Waals surface area contributed by atoms with E-state index in [1.165, 1.54) is 16.3 Å². The first-order valence-electron chi connectivity index (χ1n) is 5.22. The second-order valence-electron chi connectivity index (χ2n) is 3.77. The van der Waals surface area contributed by atoms with Crippen molar-refractivity contribution >= 4 is 10.8 Å². The van der Waals surface area contributed by atoms with E-state index in [1.807, 2.05) is 4.68 Å². The number of nitrogens with zero attached hydrogens (tertiary/aromatic N) is 3. The van der Waals surface area contributed by atoms with Gasteiger partial charge in [0, 0.05) is 0 Å². The van der Waals surface area contributed by atoms with Crippen LogP contribution in [0.1, 0.15) is 5.56 Å². The van der Waals surface area contributed by atoms with Crippen molar-refractivity contribution in [2.45, 2.75) is 6.54 Å². The van der Waals surface area contributed by atoms with E-state index in [-0.39, 0.29) is 0 Å². The van der Waals surface area contributed by atoms with Gasteiger partial charge in [-0.15, -0.1) is 0 Å². The third kappa shape index (κ3) is 1.67. The normalized spacial score (nSPS) is 10.8. The molecule has 0 fully saturated rings. The Bertz CT molecular complexity index is 599. The molecule has 0 unspecified atom stereocenters. The predicted molar refractivity (Wildman–Crippen MR) is 63.1 cm³/mol. The van der Waals surface area contributed by atoms with E-state index < -0.39 is 0 Å². The van der Waals surface area contributed by atoms with E-state index in [1.54, 1.807) is 12.7 Å². The Morgan fingerprint density at radius 3 is 2.69 bits per heavy atom. The van der Waals surface area contributed by atoms with Crippen molar-refractivity contribution in [2.75, 3.05) is 0 Å². The molecule has 0 amide bonds. The van der Waals surface area contributed by atoms with Crippen LogP contribution in [0.15, 0.2) is 55.1 Å². The SMILES string of the molecule is c1ccc2cc(Cn3cncn3)ccc2c1. The first-order chi connectivity index (χ1) is 7.92. The van der Waals surface area contributed by atoms with Crippen molar-refractivity contribution in [3.63, 3.8) is 0 Å². The van der Waals surface area contributed by atoms with Crippen molar-refractivity contribution < 1.29 is 0 Å². The van der Waals surface area contributed by atoms with E-state index in [2.05, 4.69) is 52.5 Å². The highest BCUT2D eigenvalue weighted by atomic mass is 15.3. The lowest BCUT2D eigenvalue weighted by Crippen LogP contribution is -1.99. The fraction of sp³-hybridized carbons (Fsp3) is 0.0769. The Balaban J connectivity index is 1.99. The van der Waals surface area contributed by atoms with Crippen LogP contribution in [-0.4, -0.2) is 14.8 Å². The Morgan fingerprint density at radius 2 is 1.88 bits per heavy atom. The van der Waals surface area contributed by atoms with Crippen LogP contribution in [0.25, 0.3) is 10.8 Å². The van der Waals surface area contributed by atoms with Crippen LogP contribution in [0.3, 0.4) is 0 Å². The molecule has 3 nitrogen and oxygen atoms in total. The van der Waals surface area contributed by atoms with Gasteiger partial charge in [-0.2, -0.15) is 5.10 Å². The Kier molecular flexibility index (Phi) is 2.14. The van der Waals surface area contributed by atoms with E-state index in [4.69, 9.17) is 0 Å². The van der Waals surface area contributed by atoms with Gasteiger partial charge in [-0.05, 0) is 22.4 Å². The summed E-state index contributed by atoms with van der Waals surface area (Å²) in [4.78, 5) is 3.93. The number of fused-ring (bicyclic) bond motifs is 1. The van der Waals surface area contributed by atoms with Gasteiger partial charge < -0.3 is 0 Å².